The van der Waals surface area contributed by atoms with Crippen molar-refractivity contribution in [2.45, 2.75) is 63.4 Å². The maximum atomic E-state index is 6.92. The van der Waals surface area contributed by atoms with Gasteiger partial charge in [-0.1, -0.05) is 25.5 Å². The normalized spacial score (nSPS) is 30.0. The molecule has 2 aliphatic rings. The molecule has 1 fully saturated rings. The smallest absolute Gasteiger partial charge is 0.0758 e. The van der Waals surface area contributed by atoms with Crippen molar-refractivity contribution in [1.82, 2.24) is 0 Å². The number of ether oxygens (including phenoxy) is 1. The third-order valence-electron chi connectivity index (χ3n) is 6.66. The fourth-order valence-electron chi connectivity index (χ4n) is 4.84. The van der Waals surface area contributed by atoms with E-state index in [4.69, 9.17) is 40.1 Å². The van der Waals surface area contributed by atoms with E-state index in [0.717, 1.165) is 51.0 Å². The van der Waals surface area contributed by atoms with Gasteiger partial charge in [0.25, 0.3) is 0 Å². The Hall–Kier alpha value is 0.150. The third kappa shape index (κ3) is 8.30. The second-order valence-corrected chi connectivity index (χ2v) is 10.8. The van der Waals surface area contributed by atoms with Crippen LogP contribution in [-0.4, -0.2) is 42.0 Å². The number of alkyl halides is 2. The number of terminal acetylenes is 1. The summed E-state index contributed by atoms with van der Waals surface area (Å²) in [7, 11) is 0. The standard InChI is InChI=1S/C24H39Cl2NOS/c1-3-6-18(7-5-11-25)16-28-21-8-9-22(20(4-2)14-21)23(15-27)24(26)13-19-10-12-29-17-19/h1,8-9,18-24H,4-7,10-17,27H2,2H3. The number of halogens is 2. The zero-order chi connectivity index (χ0) is 21.1. The van der Waals surface area contributed by atoms with Crippen molar-refractivity contribution in [3.8, 4) is 12.3 Å². The van der Waals surface area contributed by atoms with Crippen LogP contribution < -0.4 is 5.73 Å². The van der Waals surface area contributed by atoms with Gasteiger partial charge < -0.3 is 10.5 Å². The Balaban J connectivity index is 1.92. The lowest BCUT2D eigenvalue weighted by Gasteiger charge is -2.38. The van der Waals surface area contributed by atoms with E-state index in [2.05, 4.69) is 36.8 Å². The molecule has 0 aromatic carbocycles. The van der Waals surface area contributed by atoms with Crippen LogP contribution in [0.1, 0.15) is 51.9 Å². The maximum absolute atomic E-state index is 6.92. The Kier molecular flexibility index (Phi) is 12.5. The summed E-state index contributed by atoms with van der Waals surface area (Å²) in [6, 6.07) is 0. The predicted octanol–water partition coefficient (Wildman–Crippen LogP) is 5.96. The molecule has 2 N–H and O–H groups in total. The van der Waals surface area contributed by atoms with Crippen molar-refractivity contribution in [2.75, 3.05) is 30.5 Å². The number of hydrogen-bond donors (Lipinski definition) is 1. The molecule has 0 aromatic rings. The maximum Gasteiger partial charge on any atom is 0.0758 e. The van der Waals surface area contributed by atoms with Crippen molar-refractivity contribution >= 4 is 35.0 Å². The molecule has 0 saturated carbocycles. The van der Waals surface area contributed by atoms with Crippen molar-refractivity contribution in [3.63, 3.8) is 0 Å². The molecule has 0 amide bonds. The molecule has 0 radical (unpaired) electrons. The highest BCUT2D eigenvalue weighted by Crippen LogP contribution is 2.39. The minimum absolute atomic E-state index is 0.167. The van der Waals surface area contributed by atoms with E-state index in [1.807, 2.05) is 0 Å². The van der Waals surface area contributed by atoms with Gasteiger partial charge in [0.05, 0.1) is 12.7 Å². The molecule has 7 unspecified atom stereocenters. The van der Waals surface area contributed by atoms with Gasteiger partial charge in [-0.25, -0.2) is 0 Å². The van der Waals surface area contributed by atoms with Crippen molar-refractivity contribution in [3.05, 3.63) is 12.2 Å². The zero-order valence-electron chi connectivity index (χ0n) is 17.9. The molecule has 0 spiro atoms. The first-order chi connectivity index (χ1) is 14.1. The second kappa shape index (κ2) is 14.3. The van der Waals surface area contributed by atoms with Crippen molar-refractivity contribution in [2.24, 2.45) is 35.3 Å². The molecule has 2 nitrogen and oxygen atoms in total. The summed E-state index contributed by atoms with van der Waals surface area (Å²) in [6.07, 6.45) is 17.7. The molecular weight excluding hydrogens is 421 g/mol. The summed E-state index contributed by atoms with van der Waals surface area (Å²) < 4.78 is 6.26. The Morgan fingerprint density at radius 1 is 1.38 bits per heavy atom. The molecule has 0 aromatic heterocycles. The van der Waals surface area contributed by atoms with Crippen LogP contribution in [0.4, 0.5) is 0 Å². The summed E-state index contributed by atoms with van der Waals surface area (Å²) in [5.74, 6) is 8.56. The highest BCUT2D eigenvalue weighted by atomic mass is 35.5. The van der Waals surface area contributed by atoms with Gasteiger partial charge in [0.15, 0.2) is 0 Å². The Labute approximate surface area is 193 Å². The van der Waals surface area contributed by atoms with Gasteiger partial charge in [-0.3, -0.25) is 0 Å². The number of allylic oxidation sites excluding steroid dienone is 1. The minimum Gasteiger partial charge on any atom is -0.374 e. The summed E-state index contributed by atoms with van der Waals surface area (Å²) in [4.78, 5) is 0. The summed E-state index contributed by atoms with van der Waals surface area (Å²) in [5.41, 5.74) is 6.22. The van der Waals surface area contributed by atoms with E-state index in [9.17, 15) is 0 Å². The molecular formula is C24H39Cl2NOS. The van der Waals surface area contributed by atoms with Crippen molar-refractivity contribution < 1.29 is 4.74 Å². The topological polar surface area (TPSA) is 35.2 Å². The quantitative estimate of drug-likeness (QED) is 0.209. The second-order valence-electron chi connectivity index (χ2n) is 8.72. The Bertz CT molecular complexity index is 518. The fraction of sp³-hybridized carbons (Fsp3) is 0.833. The minimum atomic E-state index is 0.167. The molecule has 1 aliphatic carbocycles. The number of nitrogens with two attached hydrogens (primary N) is 1. The molecule has 166 valence electrons. The summed E-state index contributed by atoms with van der Waals surface area (Å²) in [6.45, 7) is 3.66. The molecule has 1 aliphatic heterocycles. The summed E-state index contributed by atoms with van der Waals surface area (Å²) in [5, 5.41) is 0.167. The Morgan fingerprint density at radius 2 is 2.21 bits per heavy atom. The van der Waals surface area contributed by atoms with E-state index >= 15 is 0 Å². The van der Waals surface area contributed by atoms with Gasteiger partial charge in [-0.15, -0.1) is 35.5 Å². The first-order valence-corrected chi connectivity index (χ1v) is 13.5. The van der Waals surface area contributed by atoms with Crippen LogP contribution in [0.3, 0.4) is 0 Å². The van der Waals surface area contributed by atoms with Gasteiger partial charge >= 0.3 is 0 Å². The van der Waals surface area contributed by atoms with Gasteiger partial charge in [0.2, 0.25) is 0 Å². The van der Waals surface area contributed by atoms with Crippen LogP contribution in [0, 0.1) is 41.9 Å². The lowest BCUT2D eigenvalue weighted by Crippen LogP contribution is -2.38. The van der Waals surface area contributed by atoms with Gasteiger partial charge in [-0.2, -0.15) is 11.8 Å². The van der Waals surface area contributed by atoms with E-state index in [0.29, 0.717) is 36.1 Å². The van der Waals surface area contributed by atoms with Gasteiger partial charge in [0.1, 0.15) is 0 Å². The number of hydrogen-bond acceptors (Lipinski definition) is 3. The average Bonchev–Trinajstić information content (AvgIpc) is 3.24. The van der Waals surface area contributed by atoms with Crippen molar-refractivity contribution in [1.29, 1.82) is 0 Å². The average molecular weight is 461 g/mol. The number of rotatable bonds is 13. The SMILES string of the molecule is C#CCC(CCCCl)COC1C=CC(C(CN)C(Cl)CC2CCSC2)C(CC)C1. The third-order valence-corrected chi connectivity index (χ3v) is 8.66. The van der Waals surface area contributed by atoms with Crippen LogP contribution >= 0.6 is 35.0 Å². The number of thioether (sulfide) groups is 1. The first kappa shape index (κ1) is 25.4. The van der Waals surface area contributed by atoms with Crippen LogP contribution in [0.2, 0.25) is 0 Å². The highest BCUT2D eigenvalue weighted by molar-refractivity contribution is 7.99. The predicted molar refractivity (Wildman–Crippen MR) is 130 cm³/mol. The van der Waals surface area contributed by atoms with E-state index in [1.54, 1.807) is 0 Å². The lowest BCUT2D eigenvalue weighted by atomic mass is 9.72. The van der Waals surface area contributed by atoms with Gasteiger partial charge in [-0.05, 0) is 79.7 Å². The first-order valence-electron chi connectivity index (χ1n) is 11.3. The lowest BCUT2D eigenvalue weighted by molar-refractivity contribution is 0.0267. The molecule has 1 heterocycles. The van der Waals surface area contributed by atoms with Gasteiger partial charge in [0, 0.05) is 17.7 Å². The molecule has 7 atom stereocenters. The highest BCUT2D eigenvalue weighted by Gasteiger charge is 2.35. The molecule has 1 saturated heterocycles. The van der Waals surface area contributed by atoms with E-state index in [1.165, 1.54) is 17.9 Å². The van der Waals surface area contributed by atoms with Crippen LogP contribution in [0.5, 0.6) is 0 Å². The zero-order valence-corrected chi connectivity index (χ0v) is 20.2. The van der Waals surface area contributed by atoms with Crippen LogP contribution in [0.25, 0.3) is 0 Å². The summed E-state index contributed by atoms with van der Waals surface area (Å²) >= 11 is 14.8. The van der Waals surface area contributed by atoms with E-state index in [-0.39, 0.29) is 11.5 Å². The monoisotopic (exact) mass is 459 g/mol. The molecule has 5 heteroatoms. The Morgan fingerprint density at radius 3 is 2.83 bits per heavy atom. The largest absolute Gasteiger partial charge is 0.374 e. The van der Waals surface area contributed by atoms with E-state index < -0.39 is 0 Å². The molecule has 29 heavy (non-hydrogen) atoms. The molecule has 0 bridgehead atoms. The van der Waals surface area contributed by atoms with Crippen LogP contribution in [-0.2, 0) is 4.74 Å². The van der Waals surface area contributed by atoms with Crippen LogP contribution in [0.15, 0.2) is 12.2 Å². The fourth-order valence-corrected chi connectivity index (χ4v) is 6.82. The molecule has 2 rings (SSSR count).